The SMILES string of the molecule is O=C1OCCN1Nc1ccccc1Cl. The Bertz CT molecular complexity index is 356. The maximum atomic E-state index is 11.1. The summed E-state index contributed by atoms with van der Waals surface area (Å²) in [7, 11) is 0. The predicted octanol–water partition coefficient (Wildman–Crippen LogP) is 2.12. The Morgan fingerprint density at radius 3 is 2.86 bits per heavy atom. The number of ether oxygens (including phenoxy) is 1. The quantitative estimate of drug-likeness (QED) is 0.817. The molecule has 0 saturated carbocycles. The summed E-state index contributed by atoms with van der Waals surface area (Å²) in [6, 6.07) is 7.23. The minimum Gasteiger partial charge on any atom is -0.446 e. The second kappa shape index (κ2) is 3.75. The third-order valence-electron chi connectivity index (χ3n) is 1.89. The number of nitrogens with zero attached hydrogens (tertiary/aromatic N) is 1. The van der Waals surface area contributed by atoms with E-state index in [2.05, 4.69) is 5.43 Å². The molecular weight excluding hydrogens is 204 g/mol. The number of carbonyl (C=O) groups is 1. The lowest BCUT2D eigenvalue weighted by atomic mass is 10.3. The Kier molecular flexibility index (Phi) is 2.45. The lowest BCUT2D eigenvalue weighted by Crippen LogP contribution is -2.30. The van der Waals surface area contributed by atoms with Crippen molar-refractivity contribution in [1.29, 1.82) is 0 Å². The standard InChI is InChI=1S/C9H9ClN2O2/c10-7-3-1-2-4-8(7)11-12-5-6-14-9(12)13/h1-4,11H,5-6H2. The van der Waals surface area contributed by atoms with E-state index in [-0.39, 0.29) is 6.09 Å². The summed E-state index contributed by atoms with van der Waals surface area (Å²) >= 11 is 5.91. The molecule has 1 aliphatic rings. The molecule has 1 aromatic carbocycles. The molecule has 0 unspecified atom stereocenters. The van der Waals surface area contributed by atoms with Gasteiger partial charge < -0.3 is 4.74 Å². The maximum absolute atomic E-state index is 11.1. The first-order valence-corrected chi connectivity index (χ1v) is 4.60. The lowest BCUT2D eigenvalue weighted by Gasteiger charge is -2.16. The van der Waals surface area contributed by atoms with Gasteiger partial charge in [-0.05, 0) is 12.1 Å². The van der Waals surface area contributed by atoms with Crippen molar-refractivity contribution in [3.63, 3.8) is 0 Å². The Morgan fingerprint density at radius 1 is 1.43 bits per heavy atom. The molecule has 14 heavy (non-hydrogen) atoms. The molecule has 0 aliphatic carbocycles. The fourth-order valence-electron chi connectivity index (χ4n) is 1.19. The fourth-order valence-corrected chi connectivity index (χ4v) is 1.37. The number of anilines is 1. The lowest BCUT2D eigenvalue weighted by molar-refractivity contribution is 0.163. The van der Waals surface area contributed by atoms with Gasteiger partial charge in [-0.1, -0.05) is 23.7 Å². The van der Waals surface area contributed by atoms with E-state index in [9.17, 15) is 4.79 Å². The van der Waals surface area contributed by atoms with Crippen molar-refractivity contribution in [1.82, 2.24) is 5.01 Å². The number of hydrogen-bond acceptors (Lipinski definition) is 3. The van der Waals surface area contributed by atoms with Gasteiger partial charge in [-0.2, -0.15) is 0 Å². The molecule has 0 bridgehead atoms. The van der Waals surface area contributed by atoms with Crippen molar-refractivity contribution in [2.75, 3.05) is 18.6 Å². The first-order chi connectivity index (χ1) is 6.77. The van der Waals surface area contributed by atoms with Gasteiger partial charge in [0.05, 0.1) is 17.3 Å². The molecular formula is C9H9ClN2O2. The zero-order valence-corrected chi connectivity index (χ0v) is 8.12. The average molecular weight is 213 g/mol. The highest BCUT2D eigenvalue weighted by Crippen LogP contribution is 2.21. The van der Waals surface area contributed by atoms with Gasteiger partial charge in [0.15, 0.2) is 0 Å². The minimum absolute atomic E-state index is 0.370. The van der Waals surface area contributed by atoms with Crippen LogP contribution in [-0.4, -0.2) is 24.3 Å². The Morgan fingerprint density at radius 2 is 2.21 bits per heavy atom. The van der Waals surface area contributed by atoms with Crippen molar-refractivity contribution in [2.24, 2.45) is 0 Å². The summed E-state index contributed by atoms with van der Waals surface area (Å²) < 4.78 is 4.76. The number of nitrogens with one attached hydrogen (secondary N) is 1. The zero-order chi connectivity index (χ0) is 9.97. The topological polar surface area (TPSA) is 41.6 Å². The summed E-state index contributed by atoms with van der Waals surface area (Å²) in [6.45, 7) is 0.945. The van der Waals surface area contributed by atoms with E-state index in [0.29, 0.717) is 23.9 Å². The highest BCUT2D eigenvalue weighted by molar-refractivity contribution is 6.33. The molecule has 1 heterocycles. The maximum Gasteiger partial charge on any atom is 0.428 e. The van der Waals surface area contributed by atoms with Gasteiger partial charge in [-0.15, -0.1) is 0 Å². The smallest absolute Gasteiger partial charge is 0.428 e. The van der Waals surface area contributed by atoms with Gasteiger partial charge in [-0.3, -0.25) is 5.43 Å². The molecule has 5 heteroatoms. The molecule has 1 saturated heterocycles. The number of para-hydroxylation sites is 1. The zero-order valence-electron chi connectivity index (χ0n) is 7.37. The number of amides is 1. The minimum atomic E-state index is -0.370. The van der Waals surface area contributed by atoms with Crippen LogP contribution in [0.2, 0.25) is 5.02 Å². The summed E-state index contributed by atoms with van der Waals surface area (Å²) in [5.41, 5.74) is 3.59. The summed E-state index contributed by atoms with van der Waals surface area (Å²) in [5, 5.41) is 1.97. The molecule has 74 valence electrons. The molecule has 0 spiro atoms. The van der Waals surface area contributed by atoms with E-state index in [0.717, 1.165) is 0 Å². The van der Waals surface area contributed by atoms with Crippen molar-refractivity contribution in [3.8, 4) is 0 Å². The third-order valence-corrected chi connectivity index (χ3v) is 2.22. The highest BCUT2D eigenvalue weighted by atomic mass is 35.5. The number of hydrogen-bond donors (Lipinski definition) is 1. The van der Waals surface area contributed by atoms with Crippen LogP contribution in [0, 0.1) is 0 Å². The van der Waals surface area contributed by atoms with Crippen LogP contribution in [0.1, 0.15) is 0 Å². The number of cyclic esters (lactones) is 1. The molecule has 1 aromatic rings. The van der Waals surface area contributed by atoms with E-state index >= 15 is 0 Å². The van der Waals surface area contributed by atoms with E-state index < -0.39 is 0 Å². The van der Waals surface area contributed by atoms with E-state index in [1.807, 2.05) is 12.1 Å². The normalized spacial score (nSPS) is 15.5. The van der Waals surface area contributed by atoms with Crippen LogP contribution < -0.4 is 5.43 Å². The van der Waals surface area contributed by atoms with Crippen molar-refractivity contribution in [3.05, 3.63) is 29.3 Å². The van der Waals surface area contributed by atoms with Crippen molar-refractivity contribution in [2.45, 2.75) is 0 Å². The fraction of sp³-hybridized carbons (Fsp3) is 0.222. The van der Waals surface area contributed by atoms with E-state index in [1.165, 1.54) is 5.01 Å². The van der Waals surface area contributed by atoms with Crippen LogP contribution in [0.5, 0.6) is 0 Å². The Labute approximate surface area is 86.4 Å². The average Bonchev–Trinajstić information content (AvgIpc) is 2.56. The summed E-state index contributed by atoms with van der Waals surface area (Å²) in [5.74, 6) is 0. The summed E-state index contributed by atoms with van der Waals surface area (Å²) in [6.07, 6.45) is -0.370. The second-order valence-corrected chi connectivity index (χ2v) is 3.26. The van der Waals surface area contributed by atoms with Crippen LogP contribution in [0.15, 0.2) is 24.3 Å². The first kappa shape index (κ1) is 9.15. The first-order valence-electron chi connectivity index (χ1n) is 4.23. The molecule has 1 aliphatic heterocycles. The van der Waals surface area contributed by atoms with Crippen LogP contribution >= 0.6 is 11.6 Å². The number of hydrazine groups is 1. The van der Waals surface area contributed by atoms with Crippen LogP contribution in [0.4, 0.5) is 10.5 Å². The van der Waals surface area contributed by atoms with E-state index in [1.54, 1.807) is 12.1 Å². The number of halogens is 1. The Hall–Kier alpha value is -1.42. The molecule has 0 aromatic heterocycles. The van der Waals surface area contributed by atoms with Crippen LogP contribution in [-0.2, 0) is 4.74 Å². The molecule has 2 rings (SSSR count). The molecule has 0 radical (unpaired) electrons. The van der Waals surface area contributed by atoms with E-state index in [4.69, 9.17) is 16.3 Å². The van der Waals surface area contributed by atoms with Crippen LogP contribution in [0.3, 0.4) is 0 Å². The molecule has 1 amide bonds. The number of carbonyl (C=O) groups excluding carboxylic acids is 1. The van der Waals surface area contributed by atoms with Gasteiger partial charge in [-0.25, -0.2) is 9.80 Å². The van der Waals surface area contributed by atoms with Crippen molar-refractivity contribution >= 4 is 23.4 Å². The van der Waals surface area contributed by atoms with Crippen molar-refractivity contribution < 1.29 is 9.53 Å². The monoisotopic (exact) mass is 212 g/mol. The second-order valence-electron chi connectivity index (χ2n) is 2.86. The third kappa shape index (κ3) is 1.75. The highest BCUT2D eigenvalue weighted by Gasteiger charge is 2.22. The molecule has 1 fully saturated rings. The largest absolute Gasteiger partial charge is 0.446 e. The molecule has 4 nitrogen and oxygen atoms in total. The number of rotatable bonds is 2. The van der Waals surface area contributed by atoms with Crippen LogP contribution in [0.25, 0.3) is 0 Å². The predicted molar refractivity (Wildman–Crippen MR) is 53.1 cm³/mol. The molecule has 0 atom stereocenters. The Balaban J connectivity index is 2.10. The summed E-state index contributed by atoms with van der Waals surface area (Å²) in [4.78, 5) is 11.1. The molecule has 1 N–H and O–H groups in total. The van der Waals surface area contributed by atoms with Gasteiger partial charge in [0, 0.05) is 0 Å². The van der Waals surface area contributed by atoms with Gasteiger partial charge in [0.2, 0.25) is 0 Å². The van der Waals surface area contributed by atoms with Gasteiger partial charge in [0.25, 0.3) is 0 Å². The van der Waals surface area contributed by atoms with Gasteiger partial charge >= 0.3 is 6.09 Å². The van der Waals surface area contributed by atoms with Gasteiger partial charge in [0.1, 0.15) is 6.61 Å². The number of benzene rings is 1.